The van der Waals surface area contributed by atoms with Crippen molar-refractivity contribution in [3.8, 4) is 0 Å². The van der Waals surface area contributed by atoms with Gasteiger partial charge in [-0.05, 0) is 25.1 Å². The van der Waals surface area contributed by atoms with Gasteiger partial charge >= 0.3 is 0 Å². The zero-order chi connectivity index (χ0) is 13.7. The van der Waals surface area contributed by atoms with Gasteiger partial charge in [0.05, 0.1) is 0 Å². The Bertz CT molecular complexity index is 605. The van der Waals surface area contributed by atoms with E-state index in [0.717, 1.165) is 15.9 Å². The fraction of sp³-hybridized carbons (Fsp3) is 0.0625. The van der Waals surface area contributed by atoms with Crippen LogP contribution >= 0.6 is 15.9 Å². The summed E-state index contributed by atoms with van der Waals surface area (Å²) >= 11 is 3.41. The highest BCUT2D eigenvalue weighted by Gasteiger charge is 2.02. The second-order valence-corrected chi connectivity index (χ2v) is 5.11. The number of carbonyl (C=O) groups excluding carboxylic acids is 1. The molecule has 2 aromatic carbocycles. The Morgan fingerprint density at radius 2 is 1.84 bits per heavy atom. The van der Waals surface area contributed by atoms with E-state index < -0.39 is 0 Å². The van der Waals surface area contributed by atoms with Crippen molar-refractivity contribution in [2.24, 2.45) is 0 Å². The summed E-state index contributed by atoms with van der Waals surface area (Å²) in [7, 11) is 0. The smallest absolute Gasteiger partial charge is 0.187 e. The molecule has 0 saturated carbocycles. The zero-order valence-corrected chi connectivity index (χ0v) is 12.1. The monoisotopic (exact) mass is 315 g/mol. The van der Waals surface area contributed by atoms with Gasteiger partial charge in [-0.3, -0.25) is 4.79 Å². The molecular weight excluding hydrogens is 302 g/mol. The molecule has 0 fully saturated rings. The van der Waals surface area contributed by atoms with E-state index in [1.807, 2.05) is 61.5 Å². The molecule has 0 aliphatic heterocycles. The number of ketones is 1. The minimum Gasteiger partial charge on any atom is -0.359 e. The lowest BCUT2D eigenvalue weighted by Gasteiger charge is -2.06. The minimum absolute atomic E-state index is 0.000553. The fourth-order valence-corrected chi connectivity index (χ4v) is 2.11. The van der Waals surface area contributed by atoms with Crippen LogP contribution in [0.15, 0.2) is 70.8 Å². The van der Waals surface area contributed by atoms with E-state index in [4.69, 9.17) is 0 Å². The summed E-state index contributed by atoms with van der Waals surface area (Å²) in [5, 5.41) is 3.19. The van der Waals surface area contributed by atoms with Crippen molar-refractivity contribution >= 4 is 27.4 Å². The Labute approximate surface area is 121 Å². The molecule has 2 nitrogen and oxygen atoms in total. The van der Waals surface area contributed by atoms with Crippen LogP contribution in [0.3, 0.4) is 0 Å². The molecule has 0 atom stereocenters. The van der Waals surface area contributed by atoms with Crippen LogP contribution in [-0.4, -0.2) is 5.78 Å². The average molecular weight is 316 g/mol. The largest absolute Gasteiger partial charge is 0.359 e. The SMILES string of the molecule is C/C(=C\C(=O)c1ccccc1)Nc1cccc(Br)c1. The van der Waals surface area contributed by atoms with E-state index in [2.05, 4.69) is 21.2 Å². The lowest BCUT2D eigenvalue weighted by atomic mass is 10.1. The number of allylic oxidation sites excluding steroid dienone is 2. The van der Waals surface area contributed by atoms with Crippen LogP contribution in [0.25, 0.3) is 0 Å². The molecule has 3 heteroatoms. The predicted octanol–water partition coefficient (Wildman–Crippen LogP) is 4.65. The van der Waals surface area contributed by atoms with Gasteiger partial charge in [0.25, 0.3) is 0 Å². The van der Waals surface area contributed by atoms with Crippen LogP contribution in [0.4, 0.5) is 5.69 Å². The van der Waals surface area contributed by atoms with E-state index in [1.54, 1.807) is 6.08 Å². The van der Waals surface area contributed by atoms with Crippen molar-refractivity contribution < 1.29 is 4.79 Å². The van der Waals surface area contributed by atoms with Gasteiger partial charge in [0, 0.05) is 27.5 Å². The van der Waals surface area contributed by atoms with Crippen molar-refractivity contribution in [1.82, 2.24) is 0 Å². The van der Waals surface area contributed by atoms with Crippen molar-refractivity contribution in [2.75, 3.05) is 5.32 Å². The van der Waals surface area contributed by atoms with Gasteiger partial charge in [-0.25, -0.2) is 0 Å². The molecule has 2 rings (SSSR count). The maximum atomic E-state index is 12.0. The number of benzene rings is 2. The maximum Gasteiger partial charge on any atom is 0.187 e. The molecule has 96 valence electrons. The number of hydrogen-bond acceptors (Lipinski definition) is 2. The summed E-state index contributed by atoms with van der Waals surface area (Å²) in [6, 6.07) is 17.1. The Morgan fingerprint density at radius 1 is 1.11 bits per heavy atom. The third-order valence-electron chi connectivity index (χ3n) is 2.57. The first-order chi connectivity index (χ1) is 9.15. The van der Waals surface area contributed by atoms with E-state index in [9.17, 15) is 4.79 Å². The van der Waals surface area contributed by atoms with Gasteiger partial charge in [-0.2, -0.15) is 0 Å². The molecule has 0 radical (unpaired) electrons. The zero-order valence-electron chi connectivity index (χ0n) is 10.6. The van der Waals surface area contributed by atoms with Crippen molar-refractivity contribution in [1.29, 1.82) is 0 Å². The van der Waals surface area contributed by atoms with Crippen molar-refractivity contribution in [3.05, 3.63) is 76.4 Å². The number of halogens is 1. The molecule has 0 heterocycles. The van der Waals surface area contributed by atoms with E-state index >= 15 is 0 Å². The minimum atomic E-state index is 0.000553. The van der Waals surface area contributed by atoms with Gasteiger partial charge in [0.1, 0.15) is 0 Å². The van der Waals surface area contributed by atoms with Gasteiger partial charge in [0.15, 0.2) is 5.78 Å². The highest BCUT2D eigenvalue weighted by atomic mass is 79.9. The number of nitrogens with one attached hydrogen (secondary N) is 1. The third kappa shape index (κ3) is 4.07. The van der Waals surface area contributed by atoms with Gasteiger partial charge in [-0.15, -0.1) is 0 Å². The molecule has 0 unspecified atom stereocenters. The molecule has 0 amide bonds. The average Bonchev–Trinajstić information content (AvgIpc) is 2.39. The van der Waals surface area contributed by atoms with E-state index in [1.165, 1.54) is 0 Å². The Hall–Kier alpha value is -1.87. The standard InChI is InChI=1S/C16H14BrNO/c1-12(18-15-9-5-8-14(17)11-15)10-16(19)13-6-3-2-4-7-13/h2-11,18H,1H3/b12-10+. The Morgan fingerprint density at radius 3 is 2.53 bits per heavy atom. The molecule has 0 aliphatic carbocycles. The van der Waals surface area contributed by atoms with E-state index in [-0.39, 0.29) is 5.78 Å². The number of rotatable bonds is 4. The normalized spacial score (nSPS) is 11.2. The lowest BCUT2D eigenvalue weighted by molar-refractivity contribution is 0.104. The fourth-order valence-electron chi connectivity index (χ4n) is 1.71. The highest BCUT2D eigenvalue weighted by molar-refractivity contribution is 9.10. The second-order valence-electron chi connectivity index (χ2n) is 4.19. The molecule has 0 aliphatic rings. The summed E-state index contributed by atoms with van der Waals surface area (Å²) < 4.78 is 1.000. The van der Waals surface area contributed by atoms with Crippen LogP contribution in [0, 0.1) is 0 Å². The van der Waals surface area contributed by atoms with Gasteiger partial charge < -0.3 is 5.32 Å². The molecule has 0 saturated heterocycles. The first kappa shape index (κ1) is 13.6. The number of hydrogen-bond donors (Lipinski definition) is 1. The van der Waals surface area contributed by atoms with Gasteiger partial charge in [0.2, 0.25) is 0 Å². The quantitative estimate of drug-likeness (QED) is 0.657. The topological polar surface area (TPSA) is 29.1 Å². The summed E-state index contributed by atoms with van der Waals surface area (Å²) in [6.45, 7) is 1.88. The summed E-state index contributed by atoms with van der Waals surface area (Å²) in [5.74, 6) is 0.000553. The van der Waals surface area contributed by atoms with Crippen LogP contribution in [0.5, 0.6) is 0 Å². The Kier molecular flexibility index (Phi) is 4.53. The molecule has 2 aromatic rings. The molecular formula is C16H14BrNO. The molecule has 1 N–H and O–H groups in total. The van der Waals surface area contributed by atoms with Crippen LogP contribution < -0.4 is 5.32 Å². The number of carbonyl (C=O) groups is 1. The third-order valence-corrected chi connectivity index (χ3v) is 3.07. The predicted molar refractivity (Wildman–Crippen MR) is 82.3 cm³/mol. The van der Waals surface area contributed by atoms with Crippen LogP contribution in [-0.2, 0) is 0 Å². The molecule has 0 aromatic heterocycles. The molecule has 0 bridgehead atoms. The highest BCUT2D eigenvalue weighted by Crippen LogP contribution is 2.17. The summed E-state index contributed by atoms with van der Waals surface area (Å²) in [4.78, 5) is 12.0. The second kappa shape index (κ2) is 6.34. The molecule has 0 spiro atoms. The van der Waals surface area contributed by atoms with Crippen LogP contribution in [0.2, 0.25) is 0 Å². The number of anilines is 1. The van der Waals surface area contributed by atoms with Crippen LogP contribution in [0.1, 0.15) is 17.3 Å². The van der Waals surface area contributed by atoms with Crippen molar-refractivity contribution in [3.63, 3.8) is 0 Å². The first-order valence-electron chi connectivity index (χ1n) is 5.95. The lowest BCUT2D eigenvalue weighted by Crippen LogP contribution is -2.01. The first-order valence-corrected chi connectivity index (χ1v) is 6.75. The maximum absolute atomic E-state index is 12.0. The van der Waals surface area contributed by atoms with Crippen molar-refractivity contribution in [2.45, 2.75) is 6.92 Å². The van der Waals surface area contributed by atoms with E-state index in [0.29, 0.717) is 5.56 Å². The Balaban J connectivity index is 2.09. The van der Waals surface area contributed by atoms with Gasteiger partial charge in [-0.1, -0.05) is 52.3 Å². The summed E-state index contributed by atoms with van der Waals surface area (Å²) in [6.07, 6.45) is 1.61. The molecule has 19 heavy (non-hydrogen) atoms. The summed E-state index contributed by atoms with van der Waals surface area (Å²) in [5.41, 5.74) is 2.45.